The van der Waals surface area contributed by atoms with Crippen molar-refractivity contribution in [3.8, 4) is 0 Å². The van der Waals surface area contributed by atoms with Crippen molar-refractivity contribution in [3.05, 3.63) is 11.6 Å². The molecule has 10 N–H and O–H groups in total. The number of rotatable bonds is 9. The molecule has 8 rings (SSSR count). The van der Waals surface area contributed by atoms with Crippen LogP contribution in [0.15, 0.2) is 11.6 Å². The predicted octanol–water partition coefficient (Wildman–Crippen LogP) is 1.35. The van der Waals surface area contributed by atoms with Gasteiger partial charge in [0.05, 0.1) is 31.3 Å². The topological polar surface area (TPSA) is 275 Å². The first-order valence-corrected chi connectivity index (χ1v) is 23.7. The van der Waals surface area contributed by atoms with Crippen molar-refractivity contribution in [2.24, 2.45) is 50.2 Å². The van der Waals surface area contributed by atoms with Gasteiger partial charge in [-0.2, -0.15) is 0 Å². The van der Waals surface area contributed by atoms with Crippen molar-refractivity contribution in [1.82, 2.24) is 0 Å². The highest BCUT2D eigenvalue weighted by Gasteiger charge is 2.70. The normalized spacial score (nSPS) is 53.5. The van der Waals surface area contributed by atoms with Gasteiger partial charge in [-0.3, -0.25) is 4.79 Å². The van der Waals surface area contributed by atoms with E-state index in [1.54, 1.807) is 0 Å². The lowest BCUT2D eigenvalue weighted by atomic mass is 9.33. The van der Waals surface area contributed by atoms with Crippen LogP contribution in [0.25, 0.3) is 0 Å². The number of aliphatic carboxylic acids is 1. The SMILES string of the molecule is CC1(C)CC[C@]2(C(=O)O)CC[C@]3(C)C(=CC[C@@H]4[C@@]5(C)CC[C@H](O[C@@H]6OC[C@H](O)[C@H](O[C@@H]7O[C@H](CO)[C@H](O)[C@H](O)[C@H]7O)[C@H]6O[C@@H]6O[C@H](CO)[C@@H](O)[C@H](O)[C@H]6O)C(C)(C)C5CC[C@]43C)[C@@H]2C1. The van der Waals surface area contributed by atoms with E-state index in [1.165, 1.54) is 5.57 Å². The molecule has 22 atom stereocenters. The van der Waals surface area contributed by atoms with Gasteiger partial charge < -0.3 is 79.5 Å². The number of carbonyl (C=O) groups is 1. The summed E-state index contributed by atoms with van der Waals surface area (Å²) in [5.74, 6) is -0.132. The maximum Gasteiger partial charge on any atom is 0.310 e. The fourth-order valence-corrected chi connectivity index (χ4v) is 14.9. The maximum atomic E-state index is 13.2. The monoisotopic (exact) mass is 913 g/mol. The van der Waals surface area contributed by atoms with E-state index in [9.17, 15) is 55.9 Å². The molecule has 0 spiro atoms. The van der Waals surface area contributed by atoms with Crippen LogP contribution in [0.3, 0.4) is 0 Å². The van der Waals surface area contributed by atoms with E-state index in [1.807, 2.05) is 0 Å². The van der Waals surface area contributed by atoms with E-state index in [-0.39, 0.29) is 40.1 Å². The van der Waals surface area contributed by atoms with Gasteiger partial charge in [-0.1, -0.05) is 60.1 Å². The van der Waals surface area contributed by atoms with Gasteiger partial charge in [0.25, 0.3) is 0 Å². The van der Waals surface area contributed by atoms with E-state index in [4.69, 9.17) is 28.4 Å². The number of aliphatic hydroxyl groups excluding tert-OH is 9. The molecule has 3 saturated heterocycles. The zero-order valence-corrected chi connectivity index (χ0v) is 38.5. The third kappa shape index (κ3) is 7.58. The van der Waals surface area contributed by atoms with Crippen LogP contribution in [0.5, 0.6) is 0 Å². The molecule has 0 amide bonds. The number of ether oxygens (including phenoxy) is 6. The van der Waals surface area contributed by atoms with Gasteiger partial charge in [-0.15, -0.1) is 0 Å². The number of hydrogen-bond donors (Lipinski definition) is 10. The van der Waals surface area contributed by atoms with Gasteiger partial charge in [0.15, 0.2) is 18.9 Å². The number of hydrogen-bond acceptors (Lipinski definition) is 16. The van der Waals surface area contributed by atoms with Crippen LogP contribution in [0.1, 0.15) is 113 Å². The molecule has 1 unspecified atom stereocenters. The van der Waals surface area contributed by atoms with Gasteiger partial charge in [-0.25, -0.2) is 0 Å². The Morgan fingerprint density at radius 2 is 1.25 bits per heavy atom. The molecule has 0 aromatic rings. The first-order valence-electron chi connectivity index (χ1n) is 23.7. The summed E-state index contributed by atoms with van der Waals surface area (Å²) in [5, 5.41) is 106. The molecule has 0 aromatic carbocycles. The average molecular weight is 913 g/mol. The van der Waals surface area contributed by atoms with E-state index in [2.05, 4.69) is 54.5 Å². The quantitative estimate of drug-likeness (QED) is 0.116. The number of fused-ring (bicyclic) bond motifs is 7. The van der Waals surface area contributed by atoms with Crippen molar-refractivity contribution in [1.29, 1.82) is 0 Å². The molecule has 5 aliphatic carbocycles. The molecule has 7 fully saturated rings. The molecule has 17 nitrogen and oxygen atoms in total. The van der Waals surface area contributed by atoms with Gasteiger partial charge in [0.2, 0.25) is 0 Å². The van der Waals surface area contributed by atoms with Crippen LogP contribution < -0.4 is 0 Å². The smallest absolute Gasteiger partial charge is 0.310 e. The Bertz CT molecular complexity index is 1740. The Hall–Kier alpha value is -1.39. The van der Waals surface area contributed by atoms with Crippen molar-refractivity contribution in [2.45, 2.75) is 205 Å². The lowest BCUT2D eigenvalue weighted by Gasteiger charge is -2.71. The summed E-state index contributed by atoms with van der Waals surface area (Å²) in [4.78, 5) is 13.2. The number of carboxylic acids is 1. The second-order valence-electron chi connectivity index (χ2n) is 23.0. The molecule has 4 saturated carbocycles. The van der Waals surface area contributed by atoms with Crippen LogP contribution in [0.2, 0.25) is 0 Å². The van der Waals surface area contributed by atoms with Crippen molar-refractivity contribution >= 4 is 5.97 Å². The minimum absolute atomic E-state index is 0.0112. The highest BCUT2D eigenvalue weighted by atomic mass is 16.8. The molecule has 0 bridgehead atoms. The third-order valence-corrected chi connectivity index (χ3v) is 19.0. The molecule has 3 aliphatic heterocycles. The van der Waals surface area contributed by atoms with Crippen molar-refractivity contribution < 1.29 is 84.3 Å². The Kier molecular flexibility index (Phi) is 13.2. The minimum atomic E-state index is -1.84. The summed E-state index contributed by atoms with van der Waals surface area (Å²) in [6.45, 7) is 14.5. The third-order valence-electron chi connectivity index (χ3n) is 19.0. The molecular weight excluding hydrogens is 836 g/mol. The Morgan fingerprint density at radius 1 is 0.672 bits per heavy atom. The zero-order valence-electron chi connectivity index (χ0n) is 38.5. The summed E-state index contributed by atoms with van der Waals surface area (Å²) < 4.78 is 36.9. The maximum absolute atomic E-state index is 13.2. The van der Waals surface area contributed by atoms with Crippen molar-refractivity contribution in [2.75, 3.05) is 19.8 Å². The molecular formula is C47H76O17. The lowest BCUT2D eigenvalue weighted by molar-refractivity contribution is -0.389. The summed E-state index contributed by atoms with van der Waals surface area (Å²) >= 11 is 0. The summed E-state index contributed by atoms with van der Waals surface area (Å²) in [7, 11) is 0. The Balaban J connectivity index is 1.07. The highest BCUT2D eigenvalue weighted by molar-refractivity contribution is 5.76. The van der Waals surface area contributed by atoms with E-state index >= 15 is 0 Å². The molecule has 3 heterocycles. The van der Waals surface area contributed by atoms with Gasteiger partial charge in [0, 0.05) is 0 Å². The molecule has 8 aliphatic rings. The van der Waals surface area contributed by atoms with Crippen LogP contribution in [0.4, 0.5) is 0 Å². The Labute approximate surface area is 376 Å². The second kappa shape index (κ2) is 17.2. The number of carboxylic acid groups (broad SMARTS) is 1. The number of aliphatic hydroxyl groups is 9. The molecule has 64 heavy (non-hydrogen) atoms. The van der Waals surface area contributed by atoms with Gasteiger partial charge >= 0.3 is 5.97 Å². The van der Waals surface area contributed by atoms with E-state index in [0.717, 1.165) is 44.9 Å². The molecule has 17 heteroatoms. The van der Waals surface area contributed by atoms with E-state index in [0.29, 0.717) is 25.2 Å². The first kappa shape index (κ1) is 49.0. The fourth-order valence-electron chi connectivity index (χ4n) is 14.9. The van der Waals surface area contributed by atoms with Crippen LogP contribution >= 0.6 is 0 Å². The second-order valence-corrected chi connectivity index (χ2v) is 23.0. The summed E-state index contributed by atoms with van der Waals surface area (Å²) in [6, 6.07) is 0. The van der Waals surface area contributed by atoms with Crippen LogP contribution in [-0.2, 0) is 33.2 Å². The minimum Gasteiger partial charge on any atom is -0.481 e. The average Bonchev–Trinajstić information content (AvgIpc) is 3.23. The molecule has 0 radical (unpaired) electrons. The zero-order chi connectivity index (χ0) is 46.7. The number of allylic oxidation sites excluding steroid dienone is 2. The lowest BCUT2D eigenvalue weighted by Crippen LogP contribution is -2.67. The summed E-state index contributed by atoms with van der Waals surface area (Å²) in [6.07, 6.45) is -12.2. The highest BCUT2D eigenvalue weighted by Crippen LogP contribution is 2.76. The van der Waals surface area contributed by atoms with Crippen LogP contribution in [-0.4, -0.2) is 169 Å². The standard InChI is InChI=1S/C47H76O17/c1-42(2)14-16-47(41(57)58)17-15-45(6)22(23(47)18-42)8-9-28-44(5)12-11-29(43(3,4)27(44)10-13-46(28,45)7)62-40-37(64-39-35(56)33(54)31(52)26(20-49)61-39)36(24(50)21-59-40)63-38-34(55)32(53)30(51)25(19-48)60-38/h8,23-40,48-56H,9-21H2,1-7H3,(H,57,58)/t23-,24-,25+,26+,27?,28+,29-,30-,31+,32-,33-,34+,35+,36-,37+,38-,39-,40-,44-,45+,46+,47-/m0/s1. The first-order chi connectivity index (χ1) is 29.9. The molecule has 366 valence electrons. The van der Waals surface area contributed by atoms with E-state index < -0.39 is 122 Å². The fraction of sp³-hybridized carbons (Fsp3) is 0.936. The predicted molar refractivity (Wildman–Crippen MR) is 225 cm³/mol. The summed E-state index contributed by atoms with van der Waals surface area (Å²) in [5.41, 5.74) is -0.0768. The van der Waals surface area contributed by atoms with Crippen molar-refractivity contribution in [3.63, 3.8) is 0 Å². The van der Waals surface area contributed by atoms with Gasteiger partial charge in [0.1, 0.15) is 67.1 Å². The largest absolute Gasteiger partial charge is 0.481 e. The van der Waals surface area contributed by atoms with Crippen LogP contribution in [0, 0.1) is 50.2 Å². The van der Waals surface area contributed by atoms with Gasteiger partial charge in [-0.05, 0) is 109 Å². The Morgan fingerprint density at radius 3 is 1.83 bits per heavy atom. The molecule has 0 aromatic heterocycles.